The van der Waals surface area contributed by atoms with Crippen molar-refractivity contribution in [3.05, 3.63) is 34.9 Å². The Balaban J connectivity index is 2.89. The molecule has 0 aromatic heterocycles. The summed E-state index contributed by atoms with van der Waals surface area (Å²) in [5.74, 6) is -0.160. The van der Waals surface area contributed by atoms with Gasteiger partial charge >= 0.3 is 0 Å². The summed E-state index contributed by atoms with van der Waals surface area (Å²) in [6, 6.07) is 7.20. The minimum atomic E-state index is -0.160. The molecule has 0 amide bonds. The highest BCUT2D eigenvalue weighted by Gasteiger charge is 2.02. The zero-order chi connectivity index (χ0) is 8.27. The lowest BCUT2D eigenvalue weighted by Gasteiger charge is -2.01. The molecule has 0 saturated carbocycles. The highest BCUT2D eigenvalue weighted by Crippen LogP contribution is 2.15. The van der Waals surface area contributed by atoms with E-state index in [2.05, 4.69) is 0 Å². The van der Waals surface area contributed by atoms with E-state index in [9.17, 15) is 4.79 Å². The van der Waals surface area contributed by atoms with Crippen molar-refractivity contribution in [2.24, 2.45) is 0 Å². The average molecular weight is 168 g/mol. The first-order valence-electron chi connectivity index (χ1n) is 3.37. The molecule has 0 spiro atoms. The standard InChI is InChI=1S/C9H8ClO/c1-7(6-11)8-2-4-9(10)5-3-8/h2-5,7H,1H3. The topological polar surface area (TPSA) is 17.1 Å². The minimum Gasteiger partial charge on any atom is -0.290 e. The van der Waals surface area contributed by atoms with Gasteiger partial charge in [0.15, 0.2) is 0 Å². The number of rotatable bonds is 2. The fourth-order valence-corrected chi connectivity index (χ4v) is 0.945. The summed E-state index contributed by atoms with van der Waals surface area (Å²) in [5.41, 5.74) is 0.949. The molecular formula is C9H8ClO. The monoisotopic (exact) mass is 167 g/mol. The first kappa shape index (κ1) is 8.28. The summed E-state index contributed by atoms with van der Waals surface area (Å²) in [4.78, 5) is 10.2. The van der Waals surface area contributed by atoms with E-state index in [1.807, 2.05) is 18.4 Å². The maximum atomic E-state index is 10.2. The molecule has 1 rings (SSSR count). The number of benzene rings is 1. The van der Waals surface area contributed by atoms with Crippen LogP contribution in [0.1, 0.15) is 18.4 Å². The molecule has 0 aliphatic rings. The normalized spacial score (nSPS) is 12.5. The molecule has 0 aliphatic heterocycles. The van der Waals surface area contributed by atoms with Crippen LogP contribution in [0.25, 0.3) is 0 Å². The number of halogens is 1. The van der Waals surface area contributed by atoms with E-state index in [0.717, 1.165) is 5.56 Å². The van der Waals surface area contributed by atoms with Gasteiger partial charge in [-0.3, -0.25) is 4.79 Å². The zero-order valence-electron chi connectivity index (χ0n) is 6.17. The predicted molar refractivity (Wildman–Crippen MR) is 45.6 cm³/mol. The molecule has 2 heteroatoms. The van der Waals surface area contributed by atoms with Crippen molar-refractivity contribution in [3.8, 4) is 0 Å². The van der Waals surface area contributed by atoms with Gasteiger partial charge in [0.2, 0.25) is 6.29 Å². The van der Waals surface area contributed by atoms with Crippen LogP contribution in [0.2, 0.25) is 5.02 Å². The highest BCUT2D eigenvalue weighted by atomic mass is 35.5. The summed E-state index contributed by atoms with van der Waals surface area (Å²) in [7, 11) is 0. The van der Waals surface area contributed by atoms with Crippen LogP contribution in [0.15, 0.2) is 24.3 Å². The summed E-state index contributed by atoms with van der Waals surface area (Å²) in [6.45, 7) is 1.80. The van der Waals surface area contributed by atoms with Crippen LogP contribution in [0.3, 0.4) is 0 Å². The van der Waals surface area contributed by atoms with Gasteiger partial charge in [0.1, 0.15) is 0 Å². The second kappa shape index (κ2) is 3.54. The second-order valence-electron chi connectivity index (χ2n) is 2.39. The zero-order valence-corrected chi connectivity index (χ0v) is 6.93. The lowest BCUT2D eigenvalue weighted by atomic mass is 10.0. The Bertz CT molecular complexity index is 240. The minimum absolute atomic E-state index is 0.160. The van der Waals surface area contributed by atoms with Crippen molar-refractivity contribution >= 4 is 17.9 Å². The molecule has 0 saturated heterocycles. The number of hydrogen-bond acceptors (Lipinski definition) is 1. The molecule has 0 fully saturated rings. The Morgan fingerprint density at radius 1 is 1.36 bits per heavy atom. The van der Waals surface area contributed by atoms with E-state index in [0.29, 0.717) is 5.02 Å². The van der Waals surface area contributed by atoms with Gasteiger partial charge in [-0.15, -0.1) is 0 Å². The molecule has 0 aliphatic carbocycles. The first-order chi connectivity index (χ1) is 5.24. The second-order valence-corrected chi connectivity index (χ2v) is 2.83. The van der Waals surface area contributed by atoms with E-state index < -0.39 is 0 Å². The summed E-state index contributed by atoms with van der Waals surface area (Å²) < 4.78 is 0. The third kappa shape index (κ3) is 2.05. The molecule has 0 N–H and O–H groups in total. The van der Waals surface area contributed by atoms with Crippen LogP contribution < -0.4 is 0 Å². The van der Waals surface area contributed by atoms with E-state index in [-0.39, 0.29) is 5.92 Å². The molecular weight excluding hydrogens is 160 g/mol. The van der Waals surface area contributed by atoms with Gasteiger partial charge in [-0.2, -0.15) is 0 Å². The molecule has 1 aromatic carbocycles. The number of hydrogen-bond donors (Lipinski definition) is 0. The number of carbonyl (C=O) groups excluding carboxylic acids is 1. The van der Waals surface area contributed by atoms with Crippen LogP contribution in [0.4, 0.5) is 0 Å². The highest BCUT2D eigenvalue weighted by molar-refractivity contribution is 6.30. The van der Waals surface area contributed by atoms with Crippen LogP contribution in [-0.4, -0.2) is 6.29 Å². The van der Waals surface area contributed by atoms with Crippen molar-refractivity contribution in [1.29, 1.82) is 0 Å². The summed E-state index contributed by atoms with van der Waals surface area (Å²) >= 11 is 5.66. The fraction of sp³-hybridized carbons (Fsp3) is 0.222. The summed E-state index contributed by atoms with van der Waals surface area (Å²) in [6.07, 6.45) is 1.91. The maximum Gasteiger partial charge on any atom is 0.206 e. The molecule has 1 aromatic rings. The largest absolute Gasteiger partial charge is 0.290 e. The summed E-state index contributed by atoms with van der Waals surface area (Å²) in [5, 5.41) is 0.687. The van der Waals surface area contributed by atoms with Gasteiger partial charge in [0.25, 0.3) is 0 Å². The molecule has 0 heterocycles. The first-order valence-corrected chi connectivity index (χ1v) is 3.75. The SMILES string of the molecule is CC([C]=O)c1ccc(Cl)cc1. The van der Waals surface area contributed by atoms with Crippen LogP contribution in [0.5, 0.6) is 0 Å². The molecule has 57 valence electrons. The van der Waals surface area contributed by atoms with E-state index in [1.54, 1.807) is 19.1 Å². The Morgan fingerprint density at radius 2 is 1.91 bits per heavy atom. The van der Waals surface area contributed by atoms with Crippen molar-refractivity contribution in [2.45, 2.75) is 12.8 Å². The van der Waals surface area contributed by atoms with Gasteiger partial charge in [0.05, 0.1) is 0 Å². The van der Waals surface area contributed by atoms with E-state index in [4.69, 9.17) is 11.6 Å². The Hall–Kier alpha value is -0.820. The van der Waals surface area contributed by atoms with Gasteiger partial charge in [-0.05, 0) is 17.7 Å². The quantitative estimate of drug-likeness (QED) is 0.662. The predicted octanol–water partition coefficient (Wildman–Crippen LogP) is 2.55. The van der Waals surface area contributed by atoms with Crippen molar-refractivity contribution in [1.82, 2.24) is 0 Å². The average Bonchev–Trinajstić information content (AvgIpc) is 2.05. The lowest BCUT2D eigenvalue weighted by Crippen LogP contribution is -1.92. The third-order valence-electron chi connectivity index (χ3n) is 1.55. The molecule has 1 atom stereocenters. The fourth-order valence-electron chi connectivity index (χ4n) is 0.819. The van der Waals surface area contributed by atoms with Gasteiger partial charge < -0.3 is 0 Å². The van der Waals surface area contributed by atoms with E-state index >= 15 is 0 Å². The molecule has 1 nitrogen and oxygen atoms in total. The van der Waals surface area contributed by atoms with Crippen LogP contribution in [-0.2, 0) is 4.79 Å². The van der Waals surface area contributed by atoms with Crippen molar-refractivity contribution < 1.29 is 4.79 Å². The lowest BCUT2D eigenvalue weighted by molar-refractivity contribution is 0.546. The van der Waals surface area contributed by atoms with Crippen LogP contribution in [0, 0.1) is 0 Å². The van der Waals surface area contributed by atoms with Gasteiger partial charge in [-0.25, -0.2) is 0 Å². The van der Waals surface area contributed by atoms with E-state index in [1.165, 1.54) is 0 Å². The Labute approximate surface area is 71.0 Å². The maximum absolute atomic E-state index is 10.2. The van der Waals surface area contributed by atoms with Gasteiger partial charge in [0, 0.05) is 10.9 Å². The van der Waals surface area contributed by atoms with Crippen molar-refractivity contribution in [2.75, 3.05) is 0 Å². The third-order valence-corrected chi connectivity index (χ3v) is 1.80. The van der Waals surface area contributed by atoms with Gasteiger partial charge in [-0.1, -0.05) is 30.7 Å². The Kier molecular flexibility index (Phi) is 2.66. The molecule has 1 radical (unpaired) electrons. The molecule has 1 unspecified atom stereocenters. The molecule has 0 bridgehead atoms. The molecule has 11 heavy (non-hydrogen) atoms. The Morgan fingerprint density at radius 3 is 2.36 bits per heavy atom. The van der Waals surface area contributed by atoms with Crippen molar-refractivity contribution in [3.63, 3.8) is 0 Å². The van der Waals surface area contributed by atoms with Crippen LogP contribution >= 0.6 is 11.6 Å². The smallest absolute Gasteiger partial charge is 0.206 e.